The van der Waals surface area contributed by atoms with Gasteiger partial charge in [0.2, 0.25) is 0 Å². The number of fused-ring (bicyclic) bond motifs is 1. The smallest absolute Gasteiger partial charge is 0.165 e. The van der Waals surface area contributed by atoms with E-state index in [4.69, 9.17) is 15.6 Å². The van der Waals surface area contributed by atoms with Crippen LogP contribution in [0.4, 0.5) is 5.82 Å². The maximum Gasteiger partial charge on any atom is 0.165 e. The number of hydrogen-bond acceptors (Lipinski definition) is 7. The molecular weight excluding hydrogens is 238 g/mol. The molecule has 4 N–H and O–H groups in total. The van der Waals surface area contributed by atoms with E-state index < -0.39 is 12.2 Å². The molecule has 3 heterocycles. The van der Waals surface area contributed by atoms with Gasteiger partial charge in [0.1, 0.15) is 24.1 Å². The lowest BCUT2D eigenvalue weighted by Crippen LogP contribution is -2.30. The van der Waals surface area contributed by atoms with Crippen LogP contribution in [0.15, 0.2) is 12.7 Å². The Bertz CT molecular complexity index is 572. The number of hydrogen-bond donors (Lipinski definition) is 3. The van der Waals surface area contributed by atoms with E-state index in [0.29, 0.717) is 23.6 Å². The molecule has 3 rings (SSSR count). The van der Waals surface area contributed by atoms with E-state index in [0.717, 1.165) is 0 Å². The molecule has 0 radical (unpaired) electrons. The molecule has 18 heavy (non-hydrogen) atoms. The fraction of sp³-hybridized carbons (Fsp3) is 0.500. The van der Waals surface area contributed by atoms with Crippen LogP contribution in [0.1, 0.15) is 6.04 Å². The lowest BCUT2D eigenvalue weighted by Gasteiger charge is -2.17. The summed E-state index contributed by atoms with van der Waals surface area (Å²) in [6.07, 6.45) is 1.52. The minimum atomic E-state index is -0.802. The highest BCUT2D eigenvalue weighted by molar-refractivity contribution is 5.81. The predicted molar refractivity (Wildman–Crippen MR) is 61.6 cm³/mol. The largest absolute Gasteiger partial charge is 0.394 e. The minimum absolute atomic E-state index is 0.221. The van der Waals surface area contributed by atoms with Crippen LogP contribution in [0.25, 0.3) is 11.2 Å². The summed E-state index contributed by atoms with van der Waals surface area (Å²) in [4.78, 5) is 12.1. The van der Waals surface area contributed by atoms with Crippen molar-refractivity contribution in [1.82, 2.24) is 19.5 Å². The van der Waals surface area contributed by atoms with Crippen LogP contribution < -0.4 is 5.73 Å². The van der Waals surface area contributed by atoms with Crippen LogP contribution in [0.2, 0.25) is 0 Å². The van der Waals surface area contributed by atoms with Crippen molar-refractivity contribution in [3.05, 3.63) is 12.7 Å². The lowest BCUT2D eigenvalue weighted by molar-refractivity contribution is 0.00206. The summed E-state index contributed by atoms with van der Waals surface area (Å²) < 4.78 is 7.01. The van der Waals surface area contributed by atoms with Crippen LogP contribution in [0.5, 0.6) is 0 Å². The summed E-state index contributed by atoms with van der Waals surface area (Å²) in [6.45, 7) is 0.0726. The first-order chi connectivity index (χ1) is 8.72. The van der Waals surface area contributed by atoms with Gasteiger partial charge in [0.25, 0.3) is 0 Å². The molecule has 1 fully saturated rings. The number of aromatic nitrogens is 4. The van der Waals surface area contributed by atoms with Crippen molar-refractivity contribution in [1.29, 1.82) is 0 Å². The van der Waals surface area contributed by atoms with Crippen molar-refractivity contribution in [2.24, 2.45) is 0 Å². The average Bonchev–Trinajstić information content (AvgIpc) is 2.93. The molecule has 1 saturated heterocycles. The molecule has 3 atom stereocenters. The van der Waals surface area contributed by atoms with Gasteiger partial charge in [-0.05, 0) is 0 Å². The van der Waals surface area contributed by atoms with Crippen LogP contribution in [-0.2, 0) is 4.74 Å². The summed E-state index contributed by atoms with van der Waals surface area (Å²) in [5.74, 6) is 0.297. The molecule has 0 amide bonds. The first kappa shape index (κ1) is 11.3. The van der Waals surface area contributed by atoms with E-state index in [9.17, 15) is 5.11 Å². The molecule has 0 aliphatic carbocycles. The van der Waals surface area contributed by atoms with Gasteiger partial charge in [-0.3, -0.25) is 0 Å². The molecule has 1 aliphatic rings. The van der Waals surface area contributed by atoms with Gasteiger partial charge >= 0.3 is 0 Å². The average molecular weight is 251 g/mol. The number of ether oxygens (including phenoxy) is 1. The Balaban J connectivity index is 2.03. The third-order valence-corrected chi connectivity index (χ3v) is 3.18. The first-order valence-corrected chi connectivity index (χ1v) is 5.56. The van der Waals surface area contributed by atoms with E-state index in [1.54, 1.807) is 10.9 Å². The van der Waals surface area contributed by atoms with Gasteiger partial charge in [0, 0.05) is 0 Å². The molecule has 0 spiro atoms. The Morgan fingerprint density at radius 3 is 3.00 bits per heavy atom. The Morgan fingerprint density at radius 1 is 1.44 bits per heavy atom. The molecule has 0 bridgehead atoms. The highest BCUT2D eigenvalue weighted by Gasteiger charge is 2.37. The normalized spacial score (nSPS) is 28.0. The van der Waals surface area contributed by atoms with Crippen molar-refractivity contribution in [2.75, 3.05) is 18.9 Å². The second-order valence-corrected chi connectivity index (χ2v) is 4.20. The molecule has 96 valence electrons. The Kier molecular flexibility index (Phi) is 2.62. The van der Waals surface area contributed by atoms with Crippen molar-refractivity contribution in [3.8, 4) is 0 Å². The summed E-state index contributed by atoms with van der Waals surface area (Å²) in [6, 6.07) is -0.332. The Hall–Kier alpha value is -1.77. The monoisotopic (exact) mass is 251 g/mol. The number of nitrogens with zero attached hydrogens (tertiary/aromatic N) is 4. The van der Waals surface area contributed by atoms with Crippen LogP contribution in [0, 0.1) is 0 Å². The fourth-order valence-corrected chi connectivity index (χ4v) is 2.19. The maximum absolute atomic E-state index is 10.0. The van der Waals surface area contributed by atoms with Crippen molar-refractivity contribution in [2.45, 2.75) is 18.2 Å². The first-order valence-electron chi connectivity index (χ1n) is 5.56. The second-order valence-electron chi connectivity index (χ2n) is 4.20. The third kappa shape index (κ3) is 1.54. The Labute approximate surface area is 102 Å². The highest BCUT2D eigenvalue weighted by Crippen LogP contribution is 2.28. The van der Waals surface area contributed by atoms with Gasteiger partial charge in [-0.15, -0.1) is 0 Å². The fourth-order valence-electron chi connectivity index (χ4n) is 2.19. The number of aliphatic hydroxyl groups excluding tert-OH is 2. The quantitative estimate of drug-likeness (QED) is 0.607. The van der Waals surface area contributed by atoms with E-state index in [1.807, 2.05) is 0 Å². The zero-order chi connectivity index (χ0) is 12.7. The maximum atomic E-state index is 10.0. The summed E-state index contributed by atoms with van der Waals surface area (Å²) in [5, 5.41) is 19.1. The number of imidazole rings is 1. The topological polar surface area (TPSA) is 119 Å². The standard InChI is InChI=1S/C10H13N5O3/c11-9-7-10(13-3-12-9)15(4-14-7)5-2-18-6(1-16)8(5)17/h3-6,8,16-17H,1-2H2,(H2,11,12,13)/t5-,6+,8-/m0/s1. The number of anilines is 1. The summed E-state index contributed by atoms with van der Waals surface area (Å²) in [5.41, 5.74) is 6.74. The van der Waals surface area contributed by atoms with Gasteiger partial charge in [-0.25, -0.2) is 15.0 Å². The third-order valence-electron chi connectivity index (χ3n) is 3.18. The lowest BCUT2D eigenvalue weighted by atomic mass is 10.1. The zero-order valence-corrected chi connectivity index (χ0v) is 9.47. The summed E-state index contributed by atoms with van der Waals surface area (Å²) >= 11 is 0. The molecule has 1 aliphatic heterocycles. The molecule has 8 heteroatoms. The van der Waals surface area contributed by atoms with Gasteiger partial charge < -0.3 is 25.3 Å². The highest BCUT2D eigenvalue weighted by atomic mass is 16.5. The van der Waals surface area contributed by atoms with Crippen molar-refractivity contribution < 1.29 is 14.9 Å². The zero-order valence-electron chi connectivity index (χ0n) is 9.47. The number of nitrogen functional groups attached to an aromatic ring is 1. The minimum Gasteiger partial charge on any atom is -0.394 e. The molecular formula is C10H13N5O3. The SMILES string of the molecule is Nc1ncnc2c1ncn2[C@H]1CO[C@H](CO)[C@H]1O. The van der Waals surface area contributed by atoms with Gasteiger partial charge in [-0.2, -0.15) is 0 Å². The second kappa shape index (κ2) is 4.16. The Morgan fingerprint density at radius 2 is 2.28 bits per heavy atom. The van der Waals surface area contributed by atoms with Gasteiger partial charge in [0.05, 0.1) is 25.6 Å². The van der Waals surface area contributed by atoms with Crippen LogP contribution in [0.3, 0.4) is 0 Å². The van der Waals surface area contributed by atoms with E-state index in [2.05, 4.69) is 15.0 Å². The number of aliphatic hydroxyl groups is 2. The molecule has 2 aromatic heterocycles. The van der Waals surface area contributed by atoms with Crippen LogP contribution in [-0.4, -0.2) is 55.2 Å². The number of nitrogens with two attached hydrogens (primary N) is 1. The van der Waals surface area contributed by atoms with Gasteiger partial charge in [-0.1, -0.05) is 0 Å². The number of rotatable bonds is 2. The van der Waals surface area contributed by atoms with Crippen molar-refractivity contribution in [3.63, 3.8) is 0 Å². The van der Waals surface area contributed by atoms with E-state index in [1.165, 1.54) is 6.33 Å². The molecule has 0 aromatic carbocycles. The van der Waals surface area contributed by atoms with E-state index in [-0.39, 0.29) is 12.6 Å². The van der Waals surface area contributed by atoms with Crippen LogP contribution >= 0.6 is 0 Å². The van der Waals surface area contributed by atoms with E-state index >= 15 is 0 Å². The van der Waals surface area contributed by atoms with Crippen molar-refractivity contribution >= 4 is 17.0 Å². The molecule has 0 saturated carbocycles. The predicted octanol–water partition coefficient (Wildman–Crippen LogP) is -1.30. The summed E-state index contributed by atoms with van der Waals surface area (Å²) in [7, 11) is 0. The molecule has 2 aromatic rings. The molecule has 0 unspecified atom stereocenters. The van der Waals surface area contributed by atoms with Gasteiger partial charge in [0.15, 0.2) is 11.5 Å². The molecule has 8 nitrogen and oxygen atoms in total.